The minimum absolute atomic E-state index is 0.172. The predicted molar refractivity (Wildman–Crippen MR) is 53.5 cm³/mol. The quantitative estimate of drug-likeness (QED) is 0.817. The van der Waals surface area contributed by atoms with Crippen LogP contribution in [0.25, 0.3) is 0 Å². The van der Waals surface area contributed by atoms with E-state index in [1.54, 1.807) is 0 Å². The summed E-state index contributed by atoms with van der Waals surface area (Å²) in [6.45, 7) is 1.47. The van der Waals surface area contributed by atoms with Crippen molar-refractivity contribution in [1.29, 1.82) is 0 Å². The number of ether oxygens (including phenoxy) is 1. The maximum atomic E-state index is 12.3. The van der Waals surface area contributed by atoms with E-state index in [9.17, 15) is 18.0 Å². The number of hydrogen-bond donors (Lipinski definition) is 1. The van der Waals surface area contributed by atoms with Crippen LogP contribution in [0.5, 0.6) is 0 Å². The molecule has 0 heterocycles. The third-order valence-corrected chi connectivity index (χ3v) is 2.28. The molecule has 0 saturated carbocycles. The molecule has 1 N–H and O–H groups in total. The molecule has 0 radical (unpaired) electrons. The van der Waals surface area contributed by atoms with Crippen LogP contribution in [0, 0.1) is 6.92 Å². The van der Waals surface area contributed by atoms with Crippen molar-refractivity contribution >= 4 is 5.97 Å². The van der Waals surface area contributed by atoms with Crippen LogP contribution in [0.1, 0.15) is 27.6 Å². The largest absolute Gasteiger partial charge is 0.465 e. The maximum Gasteiger partial charge on any atom is 0.418 e. The lowest BCUT2D eigenvalue weighted by atomic mass is 10.0. The van der Waals surface area contributed by atoms with Gasteiger partial charge in [0.2, 0.25) is 0 Å². The molecule has 1 unspecified atom stereocenters. The Labute approximate surface area is 95.8 Å². The van der Waals surface area contributed by atoms with Gasteiger partial charge in [-0.1, -0.05) is 12.1 Å². The van der Waals surface area contributed by atoms with E-state index >= 15 is 0 Å². The van der Waals surface area contributed by atoms with E-state index in [1.165, 1.54) is 20.1 Å². The molecule has 0 bridgehead atoms. The van der Waals surface area contributed by atoms with Crippen molar-refractivity contribution in [1.82, 2.24) is 0 Å². The van der Waals surface area contributed by atoms with Gasteiger partial charge in [0.1, 0.15) is 0 Å². The van der Waals surface area contributed by atoms with Gasteiger partial charge in [-0.3, -0.25) is 0 Å². The monoisotopic (exact) mass is 248 g/mol. The summed E-state index contributed by atoms with van der Waals surface area (Å²) < 4.78 is 41.2. The molecule has 94 valence electrons. The Kier molecular flexibility index (Phi) is 3.77. The van der Waals surface area contributed by atoms with E-state index in [1.807, 2.05) is 0 Å². The number of halogens is 3. The van der Waals surface area contributed by atoms with Gasteiger partial charge >= 0.3 is 12.1 Å². The van der Waals surface area contributed by atoms with Gasteiger partial charge in [-0.15, -0.1) is 0 Å². The van der Waals surface area contributed by atoms with Crippen molar-refractivity contribution in [2.45, 2.75) is 19.2 Å². The van der Waals surface area contributed by atoms with E-state index in [4.69, 9.17) is 5.11 Å². The number of carbonyl (C=O) groups is 1. The van der Waals surface area contributed by atoms with Gasteiger partial charge in [-0.25, -0.2) is 4.79 Å². The summed E-state index contributed by atoms with van der Waals surface area (Å²) in [6, 6.07) is 3.37. The summed E-state index contributed by atoms with van der Waals surface area (Å²) in [5.74, 6) is -0.629. The molecule has 0 spiro atoms. The van der Waals surface area contributed by atoms with Crippen LogP contribution in [-0.2, 0) is 4.74 Å². The van der Waals surface area contributed by atoms with Crippen LogP contribution in [0.4, 0.5) is 13.2 Å². The SMILES string of the molecule is COC(=O)c1ccc(C(O)C(F)(F)F)cc1C. The molecule has 0 amide bonds. The molecule has 6 heteroatoms. The zero-order valence-corrected chi connectivity index (χ0v) is 9.21. The van der Waals surface area contributed by atoms with Crippen LogP contribution in [0.15, 0.2) is 18.2 Å². The van der Waals surface area contributed by atoms with Crippen LogP contribution in [-0.4, -0.2) is 24.4 Å². The average molecular weight is 248 g/mol. The first-order chi connectivity index (χ1) is 7.77. The smallest absolute Gasteiger partial charge is 0.418 e. The molecular formula is C11H11F3O3. The summed E-state index contributed by atoms with van der Waals surface area (Å²) in [7, 11) is 1.18. The third-order valence-electron chi connectivity index (χ3n) is 2.28. The number of hydrogen-bond acceptors (Lipinski definition) is 3. The number of rotatable bonds is 2. The number of esters is 1. The lowest BCUT2D eigenvalue weighted by molar-refractivity contribution is -0.206. The highest BCUT2D eigenvalue weighted by molar-refractivity contribution is 5.90. The highest BCUT2D eigenvalue weighted by Gasteiger charge is 2.39. The highest BCUT2D eigenvalue weighted by atomic mass is 19.4. The summed E-state index contributed by atoms with van der Waals surface area (Å²) in [6.07, 6.45) is -7.27. The second-order valence-electron chi connectivity index (χ2n) is 3.51. The minimum atomic E-state index is -4.72. The molecular weight excluding hydrogens is 237 g/mol. The Hall–Kier alpha value is -1.56. The van der Waals surface area contributed by atoms with Gasteiger partial charge in [0.25, 0.3) is 0 Å². The molecule has 3 nitrogen and oxygen atoms in total. The fraction of sp³-hybridized carbons (Fsp3) is 0.364. The second kappa shape index (κ2) is 4.75. The fourth-order valence-corrected chi connectivity index (χ4v) is 1.38. The molecule has 1 aromatic rings. The summed E-state index contributed by atoms with van der Waals surface area (Å²) in [5, 5.41) is 9.03. The summed E-state index contributed by atoms with van der Waals surface area (Å²) >= 11 is 0. The summed E-state index contributed by atoms with van der Waals surface area (Å²) in [5.41, 5.74) is 0.186. The first kappa shape index (κ1) is 13.5. The van der Waals surface area contributed by atoms with Crippen molar-refractivity contribution in [2.75, 3.05) is 7.11 Å². The summed E-state index contributed by atoms with van der Waals surface area (Å²) in [4.78, 5) is 11.2. The Balaban J connectivity index is 3.09. The van der Waals surface area contributed by atoms with Crippen molar-refractivity contribution in [2.24, 2.45) is 0 Å². The van der Waals surface area contributed by atoms with Crippen molar-refractivity contribution in [3.05, 3.63) is 34.9 Å². The van der Waals surface area contributed by atoms with E-state index in [0.29, 0.717) is 5.56 Å². The molecule has 0 aliphatic carbocycles. The van der Waals surface area contributed by atoms with E-state index in [-0.39, 0.29) is 11.1 Å². The average Bonchev–Trinajstić information content (AvgIpc) is 2.25. The van der Waals surface area contributed by atoms with Crippen LogP contribution in [0.3, 0.4) is 0 Å². The molecule has 1 rings (SSSR count). The lowest BCUT2D eigenvalue weighted by Gasteiger charge is -2.16. The van der Waals surface area contributed by atoms with Gasteiger partial charge in [0, 0.05) is 0 Å². The molecule has 0 aromatic heterocycles. The number of aliphatic hydroxyl groups is 1. The molecule has 17 heavy (non-hydrogen) atoms. The fourth-order valence-electron chi connectivity index (χ4n) is 1.38. The van der Waals surface area contributed by atoms with Gasteiger partial charge in [0.05, 0.1) is 12.7 Å². The topological polar surface area (TPSA) is 46.5 Å². The molecule has 0 aliphatic heterocycles. The normalized spacial score (nSPS) is 13.3. The highest BCUT2D eigenvalue weighted by Crippen LogP contribution is 2.33. The van der Waals surface area contributed by atoms with E-state index < -0.39 is 18.2 Å². The Bertz CT molecular complexity index is 426. The lowest BCUT2D eigenvalue weighted by Crippen LogP contribution is -2.20. The first-order valence-electron chi connectivity index (χ1n) is 4.71. The van der Waals surface area contributed by atoms with Gasteiger partial charge in [0.15, 0.2) is 6.10 Å². The van der Waals surface area contributed by atoms with Crippen molar-refractivity contribution < 1.29 is 27.8 Å². The Morgan fingerprint density at radius 2 is 2.00 bits per heavy atom. The third kappa shape index (κ3) is 2.97. The van der Waals surface area contributed by atoms with Gasteiger partial charge in [-0.2, -0.15) is 13.2 Å². The Morgan fingerprint density at radius 3 is 2.41 bits per heavy atom. The Morgan fingerprint density at radius 1 is 1.41 bits per heavy atom. The zero-order valence-electron chi connectivity index (χ0n) is 9.21. The van der Waals surface area contributed by atoms with E-state index in [0.717, 1.165) is 12.1 Å². The second-order valence-corrected chi connectivity index (χ2v) is 3.51. The number of methoxy groups -OCH3 is 1. The van der Waals surface area contributed by atoms with E-state index in [2.05, 4.69) is 4.74 Å². The minimum Gasteiger partial charge on any atom is -0.465 e. The number of benzene rings is 1. The van der Waals surface area contributed by atoms with Crippen molar-refractivity contribution in [3.8, 4) is 0 Å². The number of aryl methyl sites for hydroxylation is 1. The van der Waals surface area contributed by atoms with Crippen LogP contribution >= 0.6 is 0 Å². The molecule has 0 saturated heterocycles. The first-order valence-corrected chi connectivity index (χ1v) is 4.71. The van der Waals surface area contributed by atoms with Crippen LogP contribution < -0.4 is 0 Å². The number of aliphatic hydroxyl groups excluding tert-OH is 1. The number of alkyl halides is 3. The molecule has 0 aliphatic rings. The molecule has 1 atom stereocenters. The molecule has 1 aromatic carbocycles. The zero-order chi connectivity index (χ0) is 13.2. The van der Waals surface area contributed by atoms with Gasteiger partial charge in [-0.05, 0) is 24.1 Å². The maximum absolute atomic E-state index is 12.3. The molecule has 0 fully saturated rings. The van der Waals surface area contributed by atoms with Crippen LogP contribution in [0.2, 0.25) is 0 Å². The van der Waals surface area contributed by atoms with Gasteiger partial charge < -0.3 is 9.84 Å². The van der Waals surface area contributed by atoms with Crippen molar-refractivity contribution in [3.63, 3.8) is 0 Å². The number of carbonyl (C=O) groups excluding carboxylic acids is 1. The standard InChI is InChI=1S/C11H11F3O3/c1-6-5-7(9(15)11(12,13)14)3-4-8(6)10(16)17-2/h3-5,9,15H,1-2H3. The predicted octanol–water partition coefficient (Wildman–Crippen LogP) is 2.38.